The van der Waals surface area contributed by atoms with Crippen molar-refractivity contribution < 1.29 is 62.5 Å². The first-order chi connectivity index (χ1) is 45.3. The number of rotatable bonds is 29. The number of hydrogen-bond donors (Lipinski definition) is 6. The summed E-state index contributed by atoms with van der Waals surface area (Å²) in [5.41, 5.74) is 2.98. The van der Waals surface area contributed by atoms with Gasteiger partial charge >= 0.3 is 0 Å². The first-order valence-electron chi connectivity index (χ1n) is 31.3. The van der Waals surface area contributed by atoms with E-state index in [9.17, 15) is 29.4 Å². The number of hydrogen-bond acceptors (Lipinski definition) is 13. The first kappa shape index (κ1) is 70.0. The van der Waals surface area contributed by atoms with Crippen LogP contribution in [0.2, 0.25) is 10.0 Å². The lowest BCUT2D eigenvalue weighted by molar-refractivity contribution is -0.123. The molecule has 0 fully saturated rings. The minimum Gasteiger partial charge on any atom is -0.506 e. The largest absolute Gasteiger partial charge is 0.506 e. The van der Waals surface area contributed by atoms with Crippen LogP contribution in [0.25, 0.3) is 21.5 Å². The molecular weight excluding hydrogens is 1240 g/mol. The van der Waals surface area contributed by atoms with Crippen LogP contribution in [0.15, 0.2) is 158 Å². The number of phenols is 2. The maximum atomic E-state index is 14.3. The van der Waals surface area contributed by atoms with Crippen molar-refractivity contribution in [2.24, 2.45) is 0 Å². The number of carbonyl (C=O) groups excluding carboxylic acids is 4. The number of nitrogens with one attached hydrogen (secondary N) is 4. The monoisotopic (exact) mass is 1310 g/mol. The topological polar surface area (TPSA) is 221 Å². The number of benzene rings is 9. The predicted octanol–water partition coefficient (Wildman–Crippen LogP) is 19.4. The average molecular weight is 1320 g/mol. The third kappa shape index (κ3) is 19.8. The summed E-state index contributed by atoms with van der Waals surface area (Å²) in [4.78, 5) is 51.0. The highest BCUT2D eigenvalue weighted by Crippen LogP contribution is 2.43. The van der Waals surface area contributed by atoms with Gasteiger partial charge in [0.05, 0.1) is 47.0 Å². The summed E-state index contributed by atoms with van der Waals surface area (Å²) in [6.07, 6.45) is 10.2. The molecule has 0 aromatic heterocycles. The fraction of sp³-hybridized carbons (Fsp3) is 0.280. The molecule has 9 rings (SSSR count). The normalized spacial score (nSPS) is 11.5. The third-order valence-electron chi connectivity index (χ3n) is 15.4. The highest BCUT2D eigenvalue weighted by molar-refractivity contribution is 6.42. The van der Waals surface area contributed by atoms with Gasteiger partial charge in [0.25, 0.3) is 11.8 Å². The van der Waals surface area contributed by atoms with Crippen LogP contribution in [0, 0.1) is 13.8 Å². The van der Waals surface area contributed by atoms with Crippen LogP contribution in [0.3, 0.4) is 0 Å². The molecule has 4 amide bonds. The summed E-state index contributed by atoms with van der Waals surface area (Å²) in [7, 11) is 3.13. The zero-order valence-electron chi connectivity index (χ0n) is 54.1. The molecule has 9 aromatic rings. The summed E-state index contributed by atoms with van der Waals surface area (Å²) >= 11 is 12.4. The number of aromatic hydroxyl groups is 2. The fourth-order valence-electron chi connectivity index (χ4n) is 10.3. The minimum atomic E-state index is -0.903. The molecule has 0 saturated heterocycles. The van der Waals surface area contributed by atoms with Gasteiger partial charge in [-0.05, 0) is 135 Å². The Bertz CT molecular complexity index is 4090. The van der Waals surface area contributed by atoms with Gasteiger partial charge in [0.2, 0.25) is 11.8 Å². The Balaban J connectivity index is 0.000000259. The number of methoxy groups -OCH3 is 2. The Kier molecular flexibility index (Phi) is 25.5. The summed E-state index contributed by atoms with van der Waals surface area (Å²) in [5.74, 6) is 2.75. The second kappa shape index (κ2) is 34.2. The van der Waals surface area contributed by atoms with Gasteiger partial charge in [-0.25, -0.2) is 0 Å². The molecule has 17 nitrogen and oxygen atoms in total. The van der Waals surface area contributed by atoms with Crippen LogP contribution in [0.4, 0.5) is 22.7 Å². The van der Waals surface area contributed by atoms with Crippen LogP contribution in [-0.4, -0.2) is 60.3 Å². The van der Waals surface area contributed by atoms with Crippen LogP contribution in [0.5, 0.6) is 69.0 Å². The molecule has 9 aromatic carbocycles. The van der Waals surface area contributed by atoms with Gasteiger partial charge in [-0.3, -0.25) is 19.2 Å². The Hall–Kier alpha value is -9.84. The molecule has 0 spiro atoms. The Morgan fingerprint density at radius 2 is 0.904 bits per heavy atom. The Morgan fingerprint density at radius 1 is 0.436 bits per heavy atom. The number of amides is 4. The van der Waals surface area contributed by atoms with E-state index in [4.69, 9.17) is 56.4 Å². The molecule has 6 N–H and O–H groups in total. The van der Waals surface area contributed by atoms with Crippen molar-refractivity contribution in [3.05, 3.63) is 179 Å². The highest BCUT2D eigenvalue weighted by Gasteiger charge is 2.26. The molecule has 2 unspecified atom stereocenters. The fourth-order valence-corrected chi connectivity index (χ4v) is 10.5. The van der Waals surface area contributed by atoms with E-state index in [1.165, 1.54) is 82.2 Å². The van der Waals surface area contributed by atoms with Gasteiger partial charge in [-0.1, -0.05) is 130 Å². The van der Waals surface area contributed by atoms with Gasteiger partial charge in [0.15, 0.2) is 23.7 Å². The van der Waals surface area contributed by atoms with Crippen molar-refractivity contribution in [2.45, 2.75) is 124 Å². The molecule has 492 valence electrons. The van der Waals surface area contributed by atoms with Gasteiger partial charge in [-0.15, -0.1) is 0 Å². The van der Waals surface area contributed by atoms with Crippen molar-refractivity contribution >= 4 is 91.1 Å². The second-order valence-corrected chi connectivity index (χ2v) is 23.5. The number of unbranched alkanes of at least 4 members (excludes halogenated alkanes) is 9. The van der Waals surface area contributed by atoms with Gasteiger partial charge in [-0.2, -0.15) is 0 Å². The molecule has 0 aliphatic carbocycles. The van der Waals surface area contributed by atoms with Crippen LogP contribution in [0.1, 0.15) is 109 Å². The van der Waals surface area contributed by atoms with E-state index in [0.717, 1.165) is 52.8 Å². The molecule has 0 heterocycles. The summed E-state index contributed by atoms with van der Waals surface area (Å²) in [6, 6.07) is 45.5. The molecule has 94 heavy (non-hydrogen) atoms. The van der Waals surface area contributed by atoms with Crippen LogP contribution in [-0.2, 0) is 19.2 Å². The molecule has 0 saturated carbocycles. The molecule has 19 heteroatoms. The number of anilines is 4. The van der Waals surface area contributed by atoms with E-state index in [2.05, 4.69) is 41.2 Å². The molecule has 2 atom stereocenters. The van der Waals surface area contributed by atoms with Crippen molar-refractivity contribution in [3.8, 4) is 69.0 Å². The SMILES string of the molecule is CCCCCCCCCCCCC(Oc1ccc(Oc2ccc(Cl)c(Cl)c2)c2ccccc12)C(=O)Nc1cc(O)c(NC(C)=O)cc1Oc1ccc(OC)cc1.COc1ccc(Oc2cc(NC(C)=O)c(O)cc2NC(=O)C(C)Oc2cccc3cc(C)c(C)cc23)cc1. The zero-order valence-corrected chi connectivity index (χ0v) is 55.6. The summed E-state index contributed by atoms with van der Waals surface area (Å²) < 4.78 is 41.5. The van der Waals surface area contributed by atoms with Crippen molar-refractivity contribution in [3.63, 3.8) is 0 Å². The van der Waals surface area contributed by atoms with Gasteiger partial charge in [0.1, 0.15) is 57.5 Å². The molecular formula is C75H80Cl2N4O13. The lowest BCUT2D eigenvalue weighted by atomic mass is 10.0. The zero-order chi connectivity index (χ0) is 67.3. The second-order valence-electron chi connectivity index (χ2n) is 22.7. The highest BCUT2D eigenvalue weighted by atomic mass is 35.5. The Labute approximate surface area is 558 Å². The van der Waals surface area contributed by atoms with Gasteiger partial charge < -0.3 is 64.6 Å². The Morgan fingerprint density at radius 3 is 1.44 bits per heavy atom. The number of phenolic OH excluding ortho intramolecular Hbond substituents is 2. The van der Waals surface area contributed by atoms with Crippen LogP contribution < -0.4 is 54.4 Å². The van der Waals surface area contributed by atoms with Crippen molar-refractivity contribution in [2.75, 3.05) is 35.5 Å². The number of ether oxygens (including phenoxy) is 7. The lowest BCUT2D eigenvalue weighted by Crippen LogP contribution is -2.33. The summed E-state index contributed by atoms with van der Waals surface area (Å²) in [6.45, 7) is 10.6. The van der Waals surface area contributed by atoms with Gasteiger partial charge in [0, 0.05) is 60.3 Å². The number of aryl methyl sites for hydroxylation is 2. The molecule has 0 aliphatic rings. The van der Waals surface area contributed by atoms with E-state index in [-0.39, 0.29) is 57.6 Å². The van der Waals surface area contributed by atoms with Crippen molar-refractivity contribution in [1.29, 1.82) is 0 Å². The van der Waals surface area contributed by atoms with E-state index in [1.54, 1.807) is 100 Å². The number of halogens is 2. The predicted molar refractivity (Wildman–Crippen MR) is 373 cm³/mol. The third-order valence-corrected chi connectivity index (χ3v) is 16.1. The lowest BCUT2D eigenvalue weighted by Gasteiger charge is -2.22. The van der Waals surface area contributed by atoms with E-state index in [0.29, 0.717) is 62.5 Å². The standard InChI is InChI=1S/C45H50Cl2N2O7.C30H30N2O6/c1-4-5-6-7-8-9-10-11-12-13-18-43(56-42-26-25-41(34-16-14-15-17-35(34)42)55-33-23-24-36(46)37(47)27-33)45(52)49-39-28-40(51)38(48-30(2)50)29-44(39)54-32-21-19-31(53-3)20-22-32;1-17-13-21-7-6-8-28(24(21)14-18(17)2)37-19(3)30(35)32-26-15-27(34)25(31-20(4)33)16-29(26)38-23-11-9-22(36-5)10-12-23/h14-17,19-29,43,51H,4-13,18H2,1-3H3,(H,48,50)(H,49,52);6-16,19,34H,1-5H3,(H,31,33)(H,32,35). The molecule has 0 aliphatic heterocycles. The van der Waals surface area contributed by atoms with E-state index >= 15 is 0 Å². The summed E-state index contributed by atoms with van der Waals surface area (Å²) in [5, 5.41) is 36.5. The van der Waals surface area contributed by atoms with Crippen molar-refractivity contribution in [1.82, 2.24) is 0 Å². The minimum absolute atomic E-state index is 0.131. The molecule has 0 bridgehead atoms. The van der Waals surface area contributed by atoms with E-state index < -0.39 is 24.0 Å². The average Bonchev–Trinajstić information content (AvgIpc) is 0.872. The maximum Gasteiger partial charge on any atom is 0.265 e. The smallest absolute Gasteiger partial charge is 0.265 e. The number of fused-ring (bicyclic) bond motifs is 2. The van der Waals surface area contributed by atoms with E-state index in [1.807, 2.05) is 55.5 Å². The number of carbonyl (C=O) groups is 4. The van der Waals surface area contributed by atoms with Crippen LogP contribution >= 0.6 is 23.2 Å². The maximum absolute atomic E-state index is 14.3. The first-order valence-corrected chi connectivity index (χ1v) is 32.1. The molecule has 0 radical (unpaired) electrons. The quantitative estimate of drug-likeness (QED) is 0.0190.